The van der Waals surface area contributed by atoms with Crippen molar-refractivity contribution in [1.29, 1.82) is 0 Å². The van der Waals surface area contributed by atoms with Gasteiger partial charge in [0.15, 0.2) is 0 Å². The smallest absolute Gasteiger partial charge is 0.385 e. The molecule has 0 radical (unpaired) electrons. The van der Waals surface area contributed by atoms with Gasteiger partial charge in [0.25, 0.3) is 0 Å². The van der Waals surface area contributed by atoms with Crippen molar-refractivity contribution in [3.8, 4) is 0 Å². The molecule has 2 rings (SSSR count). The molecule has 4 nitrogen and oxygen atoms in total. The van der Waals surface area contributed by atoms with Crippen LogP contribution < -0.4 is 11.1 Å². The van der Waals surface area contributed by atoms with E-state index in [1.165, 1.54) is 6.07 Å². The molecular weight excluding hydrogens is 357 g/mol. The number of nitrogens with two attached hydrogens (primary N) is 1. The van der Waals surface area contributed by atoms with Crippen molar-refractivity contribution in [2.45, 2.75) is 44.8 Å². The van der Waals surface area contributed by atoms with Gasteiger partial charge in [-0.3, -0.25) is 4.79 Å². The van der Waals surface area contributed by atoms with E-state index in [0.717, 1.165) is 37.8 Å². The lowest BCUT2D eigenvalue weighted by molar-refractivity contribution is -0.137. The number of methoxy groups -OCH3 is 1. The fourth-order valence-electron chi connectivity index (χ4n) is 3.25. The van der Waals surface area contributed by atoms with Gasteiger partial charge in [-0.05, 0) is 43.0 Å². The third-order valence-electron chi connectivity index (χ3n) is 4.64. The van der Waals surface area contributed by atoms with Gasteiger partial charge in [-0.1, -0.05) is 12.8 Å². The van der Waals surface area contributed by atoms with Gasteiger partial charge >= 0.3 is 6.18 Å². The van der Waals surface area contributed by atoms with E-state index >= 15 is 0 Å². The quantitative estimate of drug-likeness (QED) is 0.780. The molecule has 0 heterocycles. The van der Waals surface area contributed by atoms with E-state index in [0.29, 0.717) is 18.6 Å². The molecule has 8 heteroatoms. The number of carbonyl (C=O) groups is 1. The fourth-order valence-corrected chi connectivity index (χ4v) is 3.25. The Balaban J connectivity index is 0.00000312. The zero-order chi connectivity index (χ0) is 17.8. The number of amides is 1. The minimum absolute atomic E-state index is 0. The monoisotopic (exact) mass is 380 g/mol. The Bertz CT molecular complexity index is 588. The number of benzene rings is 1. The number of ether oxygens (including phenoxy) is 1. The molecule has 1 aromatic rings. The first-order valence-electron chi connectivity index (χ1n) is 8.02. The van der Waals surface area contributed by atoms with Gasteiger partial charge in [0, 0.05) is 25.9 Å². The molecule has 0 atom stereocenters. The maximum absolute atomic E-state index is 13.0. The maximum atomic E-state index is 13.0. The summed E-state index contributed by atoms with van der Waals surface area (Å²) in [5, 5.41) is 2.67. The van der Waals surface area contributed by atoms with E-state index in [1.54, 1.807) is 7.11 Å². The van der Waals surface area contributed by atoms with Crippen LogP contribution in [0.5, 0.6) is 0 Å². The lowest BCUT2D eigenvalue weighted by Crippen LogP contribution is -2.35. The summed E-state index contributed by atoms with van der Waals surface area (Å²) in [6, 6.07) is 3.45. The van der Waals surface area contributed by atoms with Crippen molar-refractivity contribution in [3.05, 3.63) is 29.3 Å². The first kappa shape index (κ1) is 21.7. The summed E-state index contributed by atoms with van der Waals surface area (Å²) in [7, 11) is 1.57. The Morgan fingerprint density at radius 3 is 2.44 bits per heavy atom. The van der Waals surface area contributed by atoms with Crippen LogP contribution in [0.25, 0.3) is 0 Å². The molecule has 1 saturated carbocycles. The third-order valence-corrected chi connectivity index (χ3v) is 4.64. The van der Waals surface area contributed by atoms with Crippen LogP contribution in [0.3, 0.4) is 0 Å². The highest BCUT2D eigenvalue weighted by Crippen LogP contribution is 2.42. The molecular formula is C17H24ClF3N2O2. The van der Waals surface area contributed by atoms with E-state index in [1.807, 2.05) is 0 Å². The molecule has 0 spiro atoms. The normalized spacial score (nSPS) is 16.4. The first-order valence-corrected chi connectivity index (χ1v) is 8.02. The summed E-state index contributed by atoms with van der Waals surface area (Å²) in [6.45, 7) is 0.422. The van der Waals surface area contributed by atoms with Gasteiger partial charge in [0.2, 0.25) is 5.91 Å². The van der Waals surface area contributed by atoms with E-state index in [-0.39, 0.29) is 30.5 Å². The largest absolute Gasteiger partial charge is 0.416 e. The molecule has 0 bridgehead atoms. The van der Waals surface area contributed by atoms with Crippen LogP contribution in [-0.2, 0) is 22.3 Å². The minimum Gasteiger partial charge on any atom is -0.385 e. The van der Waals surface area contributed by atoms with Gasteiger partial charge in [-0.15, -0.1) is 12.4 Å². The van der Waals surface area contributed by atoms with Crippen LogP contribution in [0.15, 0.2) is 18.2 Å². The molecule has 142 valence electrons. The van der Waals surface area contributed by atoms with Gasteiger partial charge in [0.05, 0.1) is 11.0 Å². The number of hydrogen-bond acceptors (Lipinski definition) is 3. The lowest BCUT2D eigenvalue weighted by atomic mass is 9.82. The Morgan fingerprint density at radius 2 is 1.92 bits per heavy atom. The molecule has 1 aliphatic rings. The van der Waals surface area contributed by atoms with E-state index < -0.39 is 17.2 Å². The van der Waals surface area contributed by atoms with E-state index in [2.05, 4.69) is 5.32 Å². The number of carbonyl (C=O) groups excluding carboxylic acids is 1. The number of rotatable bonds is 6. The predicted octanol–water partition coefficient (Wildman–Crippen LogP) is 4.12. The van der Waals surface area contributed by atoms with Gasteiger partial charge in [-0.25, -0.2) is 0 Å². The topological polar surface area (TPSA) is 64.3 Å². The summed E-state index contributed by atoms with van der Waals surface area (Å²) in [5.41, 5.74) is 4.58. The Kier molecular flexibility index (Phi) is 7.71. The van der Waals surface area contributed by atoms with Crippen LogP contribution in [-0.4, -0.2) is 19.6 Å². The second kappa shape index (κ2) is 8.87. The van der Waals surface area contributed by atoms with Crippen molar-refractivity contribution < 1.29 is 22.7 Å². The molecule has 1 amide bonds. The zero-order valence-electron chi connectivity index (χ0n) is 14.1. The van der Waals surface area contributed by atoms with Crippen molar-refractivity contribution in [2.24, 2.45) is 11.1 Å². The Labute approximate surface area is 151 Å². The highest BCUT2D eigenvalue weighted by atomic mass is 35.5. The summed E-state index contributed by atoms with van der Waals surface area (Å²) < 4.78 is 44.1. The zero-order valence-corrected chi connectivity index (χ0v) is 14.9. The molecule has 1 aliphatic carbocycles. The van der Waals surface area contributed by atoms with Gasteiger partial charge in [0.1, 0.15) is 0 Å². The number of nitrogens with one attached hydrogen (secondary N) is 1. The van der Waals surface area contributed by atoms with Crippen LogP contribution in [0, 0.1) is 5.41 Å². The number of halogens is 4. The molecule has 0 unspecified atom stereocenters. The average molecular weight is 381 g/mol. The standard InChI is InChI=1S/C17H23F3N2O2.ClH/c1-24-7-6-16(4-2-3-5-16)15(23)22-14-9-12(11-21)8-13(10-14)17(18,19)20;/h8-10H,2-7,11,21H2,1H3,(H,22,23);1H. The molecule has 0 aliphatic heterocycles. The van der Waals surface area contributed by atoms with Gasteiger partial charge < -0.3 is 15.8 Å². The first-order chi connectivity index (χ1) is 11.3. The Hall–Kier alpha value is -1.31. The van der Waals surface area contributed by atoms with Crippen LogP contribution in [0.4, 0.5) is 18.9 Å². The molecule has 0 aromatic heterocycles. The molecule has 3 N–H and O–H groups in total. The molecule has 0 saturated heterocycles. The van der Waals surface area contributed by atoms with E-state index in [9.17, 15) is 18.0 Å². The Morgan fingerprint density at radius 1 is 1.28 bits per heavy atom. The number of hydrogen-bond donors (Lipinski definition) is 2. The highest BCUT2D eigenvalue weighted by molar-refractivity contribution is 5.95. The molecule has 1 aromatic carbocycles. The van der Waals surface area contributed by atoms with Crippen molar-refractivity contribution in [3.63, 3.8) is 0 Å². The summed E-state index contributed by atoms with van der Waals surface area (Å²) >= 11 is 0. The van der Waals surface area contributed by atoms with E-state index in [4.69, 9.17) is 10.5 Å². The maximum Gasteiger partial charge on any atom is 0.416 e. The predicted molar refractivity (Wildman–Crippen MR) is 92.6 cm³/mol. The van der Waals surface area contributed by atoms with Crippen LogP contribution >= 0.6 is 12.4 Å². The number of anilines is 1. The van der Waals surface area contributed by atoms with Crippen molar-refractivity contribution in [2.75, 3.05) is 19.0 Å². The molecule has 1 fully saturated rings. The SMILES string of the molecule is COCCC1(C(=O)Nc2cc(CN)cc(C(F)(F)F)c2)CCCC1.Cl. The second-order valence-corrected chi connectivity index (χ2v) is 6.30. The van der Waals surface area contributed by atoms with Crippen LogP contribution in [0.2, 0.25) is 0 Å². The molecule has 25 heavy (non-hydrogen) atoms. The second-order valence-electron chi connectivity index (χ2n) is 6.30. The van der Waals surface area contributed by atoms with Crippen molar-refractivity contribution >= 4 is 24.0 Å². The fraction of sp³-hybridized carbons (Fsp3) is 0.588. The van der Waals surface area contributed by atoms with Crippen LogP contribution in [0.1, 0.15) is 43.2 Å². The number of alkyl halides is 3. The summed E-state index contributed by atoms with van der Waals surface area (Å²) in [5.74, 6) is -0.237. The highest BCUT2D eigenvalue weighted by Gasteiger charge is 2.41. The van der Waals surface area contributed by atoms with Gasteiger partial charge in [-0.2, -0.15) is 13.2 Å². The summed E-state index contributed by atoms with van der Waals surface area (Å²) in [6.07, 6.45) is -0.582. The minimum atomic E-state index is -4.48. The van der Waals surface area contributed by atoms with Crippen molar-refractivity contribution in [1.82, 2.24) is 0 Å². The lowest BCUT2D eigenvalue weighted by Gasteiger charge is -2.27. The third kappa shape index (κ3) is 5.33. The summed E-state index contributed by atoms with van der Waals surface area (Å²) in [4.78, 5) is 12.7. The average Bonchev–Trinajstić information content (AvgIpc) is 3.02.